The average Bonchev–Trinajstić information content (AvgIpc) is 2.94. The second-order valence-electron chi connectivity index (χ2n) is 6.03. The summed E-state index contributed by atoms with van der Waals surface area (Å²) in [6.07, 6.45) is 2.96. The molecule has 138 valence electrons. The van der Waals surface area contributed by atoms with Crippen LogP contribution >= 0.6 is 11.8 Å². The van der Waals surface area contributed by atoms with Crippen molar-refractivity contribution in [3.63, 3.8) is 0 Å². The van der Waals surface area contributed by atoms with Gasteiger partial charge in [-0.25, -0.2) is 8.42 Å². The second kappa shape index (κ2) is 7.59. The number of nitriles is 1. The fraction of sp³-hybridized carbons (Fsp3) is 0.200. The minimum absolute atomic E-state index is 0.0642. The molecule has 0 aliphatic carbocycles. The lowest BCUT2D eigenvalue weighted by molar-refractivity contribution is -0.107. The van der Waals surface area contributed by atoms with Crippen molar-refractivity contribution in [3.8, 4) is 6.07 Å². The molecule has 0 saturated heterocycles. The lowest BCUT2D eigenvalue weighted by atomic mass is 10.2. The lowest BCUT2D eigenvalue weighted by Crippen LogP contribution is -2.02. The van der Waals surface area contributed by atoms with Gasteiger partial charge in [0, 0.05) is 28.1 Å². The second-order valence-corrected chi connectivity index (χ2v) is 9.39. The zero-order chi connectivity index (χ0) is 19.6. The summed E-state index contributed by atoms with van der Waals surface area (Å²) in [5.41, 5.74) is 3.27. The molecule has 0 bridgehead atoms. The zero-order valence-electron chi connectivity index (χ0n) is 15.0. The molecule has 0 spiro atoms. The van der Waals surface area contributed by atoms with Gasteiger partial charge in [-0.3, -0.25) is 0 Å². The van der Waals surface area contributed by atoms with Crippen molar-refractivity contribution in [2.75, 3.05) is 5.75 Å². The van der Waals surface area contributed by atoms with E-state index in [1.807, 2.05) is 11.3 Å². The lowest BCUT2D eigenvalue weighted by Gasteiger charge is -2.05. The summed E-state index contributed by atoms with van der Waals surface area (Å²) in [7, 11) is -3.23. The molecule has 0 N–H and O–H groups in total. The Labute approximate surface area is 162 Å². The fourth-order valence-electron chi connectivity index (χ4n) is 2.94. The first kappa shape index (κ1) is 19.2. The highest BCUT2D eigenvalue weighted by molar-refractivity contribution is 7.99. The number of nitrogens with zero attached hydrogens (tertiary/aromatic N) is 2. The van der Waals surface area contributed by atoms with E-state index < -0.39 is 9.84 Å². The number of hydrogen-bond acceptors (Lipinski definition) is 5. The monoisotopic (exact) mass is 398 g/mol. The van der Waals surface area contributed by atoms with Crippen molar-refractivity contribution in [1.82, 2.24) is 4.40 Å². The minimum atomic E-state index is -3.23. The molecule has 0 amide bonds. The van der Waals surface area contributed by atoms with Gasteiger partial charge >= 0.3 is 0 Å². The van der Waals surface area contributed by atoms with Gasteiger partial charge in [-0.2, -0.15) is 5.26 Å². The number of aldehydes is 1. The van der Waals surface area contributed by atoms with Crippen LogP contribution < -0.4 is 0 Å². The van der Waals surface area contributed by atoms with Crippen molar-refractivity contribution >= 4 is 33.4 Å². The molecule has 5 nitrogen and oxygen atoms in total. The number of carbonyl (C=O) groups is 1. The smallest absolute Gasteiger partial charge is 0.178 e. The summed E-state index contributed by atoms with van der Waals surface area (Å²) in [4.78, 5) is 13.2. The molecule has 0 aliphatic heterocycles. The SMILES string of the molecule is CCS(=O)(=O)c1ccc(Sc2c(C)c(CC=O)n3ccc(C#N)cc23)cc1. The first-order valence-electron chi connectivity index (χ1n) is 8.39. The molecule has 0 saturated carbocycles. The standard InChI is InChI=1S/C20H18N2O3S2/c1-3-27(24,25)17-6-4-16(5-7-17)26-20-14(2)18(9-11-23)22-10-8-15(13-21)12-19(20)22/h4-8,10-12H,3,9H2,1-2H3. The van der Waals surface area contributed by atoms with Crippen LogP contribution in [0.1, 0.15) is 23.7 Å². The summed E-state index contributed by atoms with van der Waals surface area (Å²) in [6, 6.07) is 12.5. The maximum atomic E-state index is 12.0. The Morgan fingerprint density at radius 2 is 1.93 bits per heavy atom. The first-order valence-corrected chi connectivity index (χ1v) is 10.9. The molecule has 3 aromatic rings. The molecular weight excluding hydrogens is 380 g/mol. The van der Waals surface area contributed by atoms with E-state index in [2.05, 4.69) is 6.07 Å². The van der Waals surface area contributed by atoms with Crippen molar-refractivity contribution < 1.29 is 13.2 Å². The molecular formula is C20H18N2O3S2. The largest absolute Gasteiger partial charge is 0.319 e. The van der Waals surface area contributed by atoms with E-state index in [1.165, 1.54) is 11.8 Å². The fourth-order valence-corrected chi connectivity index (χ4v) is 4.87. The van der Waals surface area contributed by atoms with E-state index in [-0.39, 0.29) is 12.2 Å². The predicted octanol–water partition coefficient (Wildman–Crippen LogP) is 3.81. The molecule has 7 heteroatoms. The van der Waals surface area contributed by atoms with Gasteiger partial charge in [-0.1, -0.05) is 18.7 Å². The van der Waals surface area contributed by atoms with Crippen LogP contribution in [0.5, 0.6) is 0 Å². The number of pyridine rings is 1. The molecule has 1 aromatic carbocycles. The Morgan fingerprint density at radius 3 is 2.52 bits per heavy atom. The van der Waals surface area contributed by atoms with Crippen molar-refractivity contribution in [3.05, 3.63) is 59.4 Å². The number of benzene rings is 1. The van der Waals surface area contributed by atoms with Crippen LogP contribution in [0, 0.1) is 18.3 Å². The van der Waals surface area contributed by atoms with E-state index in [0.29, 0.717) is 10.5 Å². The highest BCUT2D eigenvalue weighted by Crippen LogP contribution is 2.37. The number of aromatic nitrogens is 1. The Hall–Kier alpha value is -2.56. The van der Waals surface area contributed by atoms with Gasteiger partial charge in [0.1, 0.15) is 6.29 Å². The number of sulfone groups is 1. The molecule has 0 fully saturated rings. The quantitative estimate of drug-likeness (QED) is 0.590. The maximum Gasteiger partial charge on any atom is 0.178 e. The van der Waals surface area contributed by atoms with Gasteiger partial charge in [-0.15, -0.1) is 0 Å². The molecule has 2 aromatic heterocycles. The average molecular weight is 399 g/mol. The van der Waals surface area contributed by atoms with Crippen molar-refractivity contribution in [1.29, 1.82) is 5.26 Å². The third kappa shape index (κ3) is 3.64. The third-order valence-corrected chi connectivity index (χ3v) is 7.42. The molecule has 0 unspecified atom stereocenters. The van der Waals surface area contributed by atoms with Crippen molar-refractivity contribution in [2.45, 2.75) is 35.0 Å². The highest BCUT2D eigenvalue weighted by Gasteiger charge is 2.17. The van der Waals surface area contributed by atoms with Crippen LogP contribution in [0.4, 0.5) is 0 Å². The van der Waals surface area contributed by atoms with Crippen LogP contribution in [0.2, 0.25) is 0 Å². The minimum Gasteiger partial charge on any atom is -0.319 e. The third-order valence-electron chi connectivity index (χ3n) is 4.44. The Bertz CT molecular complexity index is 1150. The summed E-state index contributed by atoms with van der Waals surface area (Å²) in [5.74, 6) is 0.0642. The van der Waals surface area contributed by atoms with Crippen LogP contribution in [0.25, 0.3) is 5.52 Å². The highest BCUT2D eigenvalue weighted by atomic mass is 32.2. The van der Waals surface area contributed by atoms with Gasteiger partial charge in [0.25, 0.3) is 0 Å². The number of rotatable bonds is 6. The van der Waals surface area contributed by atoms with Crippen molar-refractivity contribution in [2.24, 2.45) is 0 Å². The van der Waals surface area contributed by atoms with Gasteiger partial charge < -0.3 is 9.20 Å². The van der Waals surface area contributed by atoms with E-state index in [9.17, 15) is 18.5 Å². The summed E-state index contributed by atoms with van der Waals surface area (Å²) < 4.78 is 25.9. The van der Waals surface area contributed by atoms with E-state index in [1.54, 1.807) is 49.5 Å². The first-order chi connectivity index (χ1) is 12.9. The van der Waals surface area contributed by atoms with Crippen LogP contribution in [0.15, 0.2) is 57.3 Å². The van der Waals surface area contributed by atoms with Crippen LogP contribution in [-0.4, -0.2) is 24.9 Å². The van der Waals surface area contributed by atoms with Gasteiger partial charge in [0.05, 0.1) is 27.8 Å². The van der Waals surface area contributed by atoms with Gasteiger partial charge in [0.15, 0.2) is 9.84 Å². The normalized spacial score (nSPS) is 11.4. The maximum absolute atomic E-state index is 12.0. The molecule has 0 radical (unpaired) electrons. The van der Waals surface area contributed by atoms with Crippen LogP contribution in [0.3, 0.4) is 0 Å². The summed E-state index contributed by atoms with van der Waals surface area (Å²) >= 11 is 1.50. The molecule has 3 rings (SSSR count). The zero-order valence-corrected chi connectivity index (χ0v) is 16.6. The molecule has 0 atom stereocenters. The van der Waals surface area contributed by atoms with E-state index >= 15 is 0 Å². The van der Waals surface area contributed by atoms with Crippen LogP contribution in [-0.2, 0) is 21.1 Å². The number of hydrogen-bond donors (Lipinski definition) is 0. The summed E-state index contributed by atoms with van der Waals surface area (Å²) in [5, 5.41) is 9.21. The van der Waals surface area contributed by atoms with E-state index in [4.69, 9.17) is 0 Å². The van der Waals surface area contributed by atoms with Gasteiger partial charge in [-0.05, 0) is 48.9 Å². The Balaban J connectivity index is 2.07. The number of fused-ring (bicyclic) bond motifs is 1. The van der Waals surface area contributed by atoms with E-state index in [0.717, 1.165) is 32.9 Å². The Morgan fingerprint density at radius 1 is 1.22 bits per heavy atom. The molecule has 0 aliphatic rings. The number of carbonyl (C=O) groups excluding carboxylic acids is 1. The molecule has 27 heavy (non-hydrogen) atoms. The van der Waals surface area contributed by atoms with Gasteiger partial charge in [0.2, 0.25) is 0 Å². The topological polar surface area (TPSA) is 79.4 Å². The molecule has 2 heterocycles. The summed E-state index contributed by atoms with van der Waals surface area (Å²) in [6.45, 7) is 3.58. The predicted molar refractivity (Wildman–Crippen MR) is 105 cm³/mol. The Kier molecular flexibility index (Phi) is 5.40.